The van der Waals surface area contributed by atoms with E-state index in [1.807, 2.05) is 18.0 Å². The lowest BCUT2D eigenvalue weighted by molar-refractivity contribution is 0.307. The van der Waals surface area contributed by atoms with Gasteiger partial charge in [-0.15, -0.1) is 0 Å². The van der Waals surface area contributed by atoms with Gasteiger partial charge in [-0.25, -0.2) is 4.99 Å². The first kappa shape index (κ1) is 14.7. The highest BCUT2D eigenvalue weighted by molar-refractivity contribution is 6.30. The van der Waals surface area contributed by atoms with Gasteiger partial charge in [0.2, 0.25) is 0 Å². The van der Waals surface area contributed by atoms with Gasteiger partial charge in [0.05, 0.1) is 6.04 Å². The highest BCUT2D eigenvalue weighted by Gasteiger charge is 2.28. The molecule has 0 amide bonds. The number of fused-ring (bicyclic) bond motifs is 1. The summed E-state index contributed by atoms with van der Waals surface area (Å²) in [6.07, 6.45) is 3.11. The van der Waals surface area contributed by atoms with Crippen molar-refractivity contribution in [1.82, 2.24) is 9.80 Å². The number of nitrogens with zero attached hydrogens (tertiary/aromatic N) is 3. The van der Waals surface area contributed by atoms with Gasteiger partial charge in [0.25, 0.3) is 0 Å². The van der Waals surface area contributed by atoms with Crippen molar-refractivity contribution in [3.05, 3.63) is 46.1 Å². The zero-order valence-electron chi connectivity index (χ0n) is 12.5. The Kier molecular flexibility index (Phi) is 3.89. The molecule has 0 aromatic heterocycles. The topological polar surface area (TPSA) is 18.8 Å². The van der Waals surface area contributed by atoms with E-state index in [2.05, 4.69) is 41.9 Å². The molecule has 2 unspecified atom stereocenters. The summed E-state index contributed by atoms with van der Waals surface area (Å²) in [4.78, 5) is 8.88. The molecule has 0 aliphatic carbocycles. The molecule has 2 heterocycles. The average molecular weight is 324 g/mol. The molecule has 3 rings (SSSR count). The average Bonchev–Trinajstić information content (AvgIpc) is 2.45. The van der Waals surface area contributed by atoms with E-state index in [1.54, 1.807) is 0 Å². The van der Waals surface area contributed by atoms with E-state index in [0.29, 0.717) is 0 Å². The van der Waals surface area contributed by atoms with E-state index in [0.717, 1.165) is 29.5 Å². The Morgan fingerprint density at radius 1 is 1.33 bits per heavy atom. The summed E-state index contributed by atoms with van der Waals surface area (Å²) in [6.45, 7) is 5.21. The maximum atomic E-state index is 6.30. The summed E-state index contributed by atoms with van der Waals surface area (Å²) >= 11 is 12.5. The van der Waals surface area contributed by atoms with Gasteiger partial charge in [-0.3, -0.25) is 0 Å². The molecular weight excluding hydrogens is 305 g/mol. The van der Waals surface area contributed by atoms with Crippen molar-refractivity contribution in [2.45, 2.75) is 31.9 Å². The molecule has 3 nitrogen and oxygen atoms in total. The number of hydrogen-bond donors (Lipinski definition) is 0. The SMILES string of the molecule is CC1=CC(N2CCc3ccc(Cl)cc3C2C)=NC(Cl)N1C. The maximum Gasteiger partial charge on any atom is 0.199 e. The first-order valence-electron chi connectivity index (χ1n) is 7.15. The minimum Gasteiger partial charge on any atom is -0.350 e. The van der Waals surface area contributed by atoms with Crippen LogP contribution in [0.2, 0.25) is 5.02 Å². The molecule has 112 valence electrons. The summed E-state index contributed by atoms with van der Waals surface area (Å²) < 4.78 is 0. The van der Waals surface area contributed by atoms with Crippen LogP contribution >= 0.6 is 23.2 Å². The Morgan fingerprint density at radius 2 is 2.10 bits per heavy atom. The molecule has 0 N–H and O–H groups in total. The molecule has 0 saturated heterocycles. The molecule has 0 saturated carbocycles. The summed E-state index contributed by atoms with van der Waals surface area (Å²) in [5.74, 6) is 0.962. The third-order valence-corrected chi connectivity index (χ3v) is 5.02. The van der Waals surface area contributed by atoms with E-state index in [1.165, 1.54) is 11.1 Å². The number of alkyl halides is 1. The number of allylic oxidation sites excluding steroid dienone is 1. The molecule has 0 bridgehead atoms. The second-order valence-corrected chi connectivity index (χ2v) is 6.48. The lowest BCUT2D eigenvalue weighted by Crippen LogP contribution is -2.41. The van der Waals surface area contributed by atoms with Crippen LogP contribution in [0, 0.1) is 0 Å². The van der Waals surface area contributed by atoms with Gasteiger partial charge in [-0.1, -0.05) is 29.3 Å². The molecule has 0 spiro atoms. The van der Waals surface area contributed by atoms with Crippen LogP contribution in [-0.2, 0) is 6.42 Å². The largest absolute Gasteiger partial charge is 0.350 e. The van der Waals surface area contributed by atoms with Crippen LogP contribution in [0.25, 0.3) is 0 Å². The van der Waals surface area contributed by atoms with Gasteiger partial charge < -0.3 is 9.80 Å². The highest BCUT2D eigenvalue weighted by atomic mass is 35.5. The molecule has 0 fully saturated rings. The van der Waals surface area contributed by atoms with Crippen LogP contribution in [0.15, 0.2) is 35.0 Å². The van der Waals surface area contributed by atoms with Crippen molar-refractivity contribution in [3.8, 4) is 0 Å². The molecular formula is C16H19Cl2N3. The van der Waals surface area contributed by atoms with E-state index < -0.39 is 0 Å². The number of amidine groups is 1. The van der Waals surface area contributed by atoms with Gasteiger partial charge in [0.15, 0.2) is 5.62 Å². The Bertz CT molecular complexity index is 624. The monoisotopic (exact) mass is 323 g/mol. The number of rotatable bonds is 0. The number of aliphatic imine (C=N–C) groups is 1. The fraction of sp³-hybridized carbons (Fsp3) is 0.438. The summed E-state index contributed by atoms with van der Waals surface area (Å²) in [5.41, 5.74) is 3.45. The summed E-state index contributed by atoms with van der Waals surface area (Å²) in [6, 6.07) is 6.42. The first-order valence-corrected chi connectivity index (χ1v) is 7.97. The zero-order valence-corrected chi connectivity index (χ0v) is 14.0. The number of halogens is 2. The second-order valence-electron chi connectivity index (χ2n) is 5.66. The number of hydrogen-bond acceptors (Lipinski definition) is 3. The van der Waals surface area contributed by atoms with E-state index >= 15 is 0 Å². The Labute approximate surface area is 135 Å². The maximum absolute atomic E-state index is 6.30. The normalized spacial score (nSPS) is 25.4. The van der Waals surface area contributed by atoms with E-state index in [-0.39, 0.29) is 11.7 Å². The van der Waals surface area contributed by atoms with Crippen LogP contribution in [0.1, 0.15) is 31.0 Å². The molecule has 1 aromatic rings. The van der Waals surface area contributed by atoms with Gasteiger partial charge in [-0.05, 0) is 49.6 Å². The predicted molar refractivity (Wildman–Crippen MR) is 88.9 cm³/mol. The third kappa shape index (κ3) is 2.65. The zero-order chi connectivity index (χ0) is 15.1. The van der Waals surface area contributed by atoms with Gasteiger partial charge in [-0.2, -0.15) is 0 Å². The quantitative estimate of drug-likeness (QED) is 0.530. The molecule has 0 radical (unpaired) electrons. The van der Waals surface area contributed by atoms with Crippen LogP contribution in [0.3, 0.4) is 0 Å². The summed E-state index contributed by atoms with van der Waals surface area (Å²) in [5, 5.41) is 0.787. The molecule has 2 atom stereocenters. The van der Waals surface area contributed by atoms with Crippen molar-refractivity contribution in [1.29, 1.82) is 0 Å². The fourth-order valence-electron chi connectivity index (χ4n) is 2.94. The first-order chi connectivity index (χ1) is 9.97. The fourth-order valence-corrected chi connectivity index (χ4v) is 3.38. The minimum atomic E-state index is -0.335. The summed E-state index contributed by atoms with van der Waals surface area (Å²) in [7, 11) is 1.96. The molecule has 5 heteroatoms. The van der Waals surface area contributed by atoms with Crippen LogP contribution in [0.5, 0.6) is 0 Å². The molecule has 2 aliphatic heterocycles. The van der Waals surface area contributed by atoms with E-state index in [9.17, 15) is 0 Å². The lowest BCUT2D eigenvalue weighted by Gasteiger charge is -2.39. The highest BCUT2D eigenvalue weighted by Crippen LogP contribution is 2.33. The lowest BCUT2D eigenvalue weighted by atomic mass is 9.93. The Balaban J connectivity index is 1.94. The van der Waals surface area contributed by atoms with Crippen LogP contribution in [0.4, 0.5) is 0 Å². The number of benzene rings is 1. The molecule has 2 aliphatic rings. The van der Waals surface area contributed by atoms with Gasteiger partial charge in [0, 0.05) is 24.3 Å². The standard InChI is InChI=1S/C16H19Cl2N3/c1-10-8-15(19-16(18)20(10)3)21-7-6-12-4-5-13(17)9-14(12)11(21)2/h4-5,8-9,11,16H,6-7H2,1-3H3. The van der Waals surface area contributed by atoms with E-state index in [4.69, 9.17) is 23.2 Å². The second kappa shape index (κ2) is 5.54. The van der Waals surface area contributed by atoms with Crippen LogP contribution < -0.4 is 0 Å². The van der Waals surface area contributed by atoms with Crippen molar-refractivity contribution < 1.29 is 0 Å². The van der Waals surface area contributed by atoms with Crippen molar-refractivity contribution in [2.24, 2.45) is 4.99 Å². The smallest absolute Gasteiger partial charge is 0.199 e. The van der Waals surface area contributed by atoms with Crippen LogP contribution in [-0.4, -0.2) is 34.9 Å². The minimum absolute atomic E-state index is 0.252. The molecule has 1 aromatic carbocycles. The van der Waals surface area contributed by atoms with Crippen molar-refractivity contribution >= 4 is 29.0 Å². The van der Waals surface area contributed by atoms with Crippen molar-refractivity contribution in [3.63, 3.8) is 0 Å². The third-order valence-electron chi connectivity index (χ3n) is 4.39. The molecule has 21 heavy (non-hydrogen) atoms. The Morgan fingerprint density at radius 3 is 2.81 bits per heavy atom. The Hall–Kier alpha value is -1.19. The predicted octanol–water partition coefficient (Wildman–Crippen LogP) is 4.03. The van der Waals surface area contributed by atoms with Gasteiger partial charge >= 0.3 is 0 Å². The van der Waals surface area contributed by atoms with Gasteiger partial charge in [0.1, 0.15) is 5.84 Å². The van der Waals surface area contributed by atoms with Crippen molar-refractivity contribution in [2.75, 3.05) is 13.6 Å².